The number of rotatable bonds is 6. The van der Waals surface area contributed by atoms with Crippen LogP contribution in [0.3, 0.4) is 0 Å². The molecular formula is C15H32O. The summed E-state index contributed by atoms with van der Waals surface area (Å²) in [5, 5.41) is 10.2. The smallest absolute Gasteiger partial charge is 0.0570 e. The Bertz CT molecular complexity index is 180. The molecule has 16 heavy (non-hydrogen) atoms. The van der Waals surface area contributed by atoms with Gasteiger partial charge in [0.05, 0.1) is 6.10 Å². The van der Waals surface area contributed by atoms with Gasteiger partial charge in [0.25, 0.3) is 0 Å². The van der Waals surface area contributed by atoms with E-state index in [0.717, 1.165) is 12.8 Å². The zero-order chi connectivity index (χ0) is 12.9. The van der Waals surface area contributed by atoms with E-state index in [9.17, 15) is 5.11 Å². The topological polar surface area (TPSA) is 20.2 Å². The molecule has 0 aliphatic heterocycles. The third-order valence-electron chi connectivity index (χ3n) is 3.75. The van der Waals surface area contributed by atoms with Gasteiger partial charge in [-0.05, 0) is 36.0 Å². The van der Waals surface area contributed by atoms with Crippen molar-refractivity contribution in [3.8, 4) is 0 Å². The molecule has 0 heterocycles. The Morgan fingerprint density at radius 3 is 1.94 bits per heavy atom. The molecule has 0 aliphatic rings. The second-order valence-electron chi connectivity index (χ2n) is 6.92. The van der Waals surface area contributed by atoms with Crippen molar-refractivity contribution in [1.29, 1.82) is 0 Å². The number of aliphatic hydroxyl groups is 1. The molecular weight excluding hydrogens is 196 g/mol. The lowest BCUT2D eigenvalue weighted by molar-refractivity contribution is 0.0593. The summed E-state index contributed by atoms with van der Waals surface area (Å²) in [7, 11) is 0. The molecule has 0 fully saturated rings. The molecule has 98 valence electrons. The molecule has 4 atom stereocenters. The van der Waals surface area contributed by atoms with E-state index in [0.29, 0.717) is 23.2 Å². The van der Waals surface area contributed by atoms with E-state index in [2.05, 4.69) is 48.5 Å². The van der Waals surface area contributed by atoms with E-state index >= 15 is 0 Å². The summed E-state index contributed by atoms with van der Waals surface area (Å²) >= 11 is 0. The van der Waals surface area contributed by atoms with Gasteiger partial charge >= 0.3 is 0 Å². The highest BCUT2D eigenvalue weighted by Crippen LogP contribution is 2.29. The highest BCUT2D eigenvalue weighted by Gasteiger charge is 2.23. The molecule has 1 N–H and O–H groups in total. The lowest BCUT2D eigenvalue weighted by Gasteiger charge is -2.29. The molecule has 0 amide bonds. The maximum atomic E-state index is 10.2. The molecule has 0 aromatic rings. The summed E-state index contributed by atoms with van der Waals surface area (Å²) in [6.45, 7) is 15.7. The lowest BCUT2D eigenvalue weighted by Crippen LogP contribution is -2.26. The van der Waals surface area contributed by atoms with E-state index in [-0.39, 0.29) is 6.10 Å². The second kappa shape index (κ2) is 6.64. The van der Waals surface area contributed by atoms with Crippen molar-refractivity contribution >= 4 is 0 Å². The van der Waals surface area contributed by atoms with Gasteiger partial charge in [0.15, 0.2) is 0 Å². The van der Waals surface area contributed by atoms with Gasteiger partial charge in [-0.15, -0.1) is 0 Å². The zero-order valence-corrected chi connectivity index (χ0v) is 12.4. The van der Waals surface area contributed by atoms with Gasteiger partial charge in [0, 0.05) is 0 Å². The quantitative estimate of drug-likeness (QED) is 0.710. The summed E-state index contributed by atoms with van der Waals surface area (Å²) < 4.78 is 0. The van der Waals surface area contributed by atoms with Crippen LogP contribution >= 0.6 is 0 Å². The van der Waals surface area contributed by atoms with Gasteiger partial charge in [-0.25, -0.2) is 0 Å². The minimum atomic E-state index is -0.132. The van der Waals surface area contributed by atoms with E-state index in [4.69, 9.17) is 0 Å². The predicted octanol–water partition coefficient (Wildman–Crippen LogP) is 4.49. The molecule has 0 radical (unpaired) electrons. The largest absolute Gasteiger partial charge is 0.393 e. The Hall–Kier alpha value is -0.0400. The lowest BCUT2D eigenvalue weighted by atomic mass is 9.79. The average Bonchev–Trinajstić information content (AvgIpc) is 2.12. The van der Waals surface area contributed by atoms with Crippen molar-refractivity contribution in [2.75, 3.05) is 0 Å². The van der Waals surface area contributed by atoms with Crippen LogP contribution in [0.25, 0.3) is 0 Å². The minimum absolute atomic E-state index is 0.132. The van der Waals surface area contributed by atoms with Gasteiger partial charge in [-0.2, -0.15) is 0 Å². The summed E-state index contributed by atoms with van der Waals surface area (Å²) in [5.74, 6) is 1.66. The Morgan fingerprint density at radius 2 is 1.56 bits per heavy atom. The van der Waals surface area contributed by atoms with Crippen molar-refractivity contribution in [1.82, 2.24) is 0 Å². The third kappa shape index (κ3) is 6.52. The fraction of sp³-hybridized carbons (Fsp3) is 1.00. The van der Waals surface area contributed by atoms with Gasteiger partial charge < -0.3 is 5.11 Å². The Labute approximate surface area is 103 Å². The highest BCUT2D eigenvalue weighted by atomic mass is 16.3. The maximum Gasteiger partial charge on any atom is 0.0570 e. The first-order valence-electron chi connectivity index (χ1n) is 6.85. The second-order valence-corrected chi connectivity index (χ2v) is 6.92. The summed E-state index contributed by atoms with van der Waals surface area (Å²) in [5.41, 5.74) is 0.374. The summed E-state index contributed by atoms with van der Waals surface area (Å²) in [6, 6.07) is 0. The van der Waals surface area contributed by atoms with Gasteiger partial charge in [-0.1, -0.05) is 54.9 Å². The molecule has 0 saturated heterocycles. The number of aliphatic hydroxyl groups excluding tert-OH is 1. The fourth-order valence-electron chi connectivity index (χ4n) is 2.51. The summed E-state index contributed by atoms with van der Waals surface area (Å²) in [6.07, 6.45) is 3.17. The maximum absolute atomic E-state index is 10.2. The molecule has 0 saturated carbocycles. The van der Waals surface area contributed by atoms with Crippen LogP contribution < -0.4 is 0 Å². The first-order valence-corrected chi connectivity index (χ1v) is 6.85. The zero-order valence-electron chi connectivity index (χ0n) is 12.4. The number of hydrogen-bond donors (Lipinski definition) is 1. The van der Waals surface area contributed by atoms with Gasteiger partial charge in [-0.3, -0.25) is 0 Å². The Morgan fingerprint density at radius 1 is 1.06 bits per heavy atom. The van der Waals surface area contributed by atoms with Crippen molar-refractivity contribution in [3.63, 3.8) is 0 Å². The standard InChI is InChI=1S/C15H32O/c1-8-12(3)13(4)14(16)9-11(2)10-15(5,6)7/h11-14,16H,8-10H2,1-7H3. The molecule has 0 aromatic heterocycles. The van der Waals surface area contributed by atoms with E-state index in [1.54, 1.807) is 0 Å². The molecule has 0 bridgehead atoms. The fourth-order valence-corrected chi connectivity index (χ4v) is 2.51. The normalized spacial score (nSPS) is 20.2. The van der Waals surface area contributed by atoms with Gasteiger partial charge in [0.1, 0.15) is 0 Å². The van der Waals surface area contributed by atoms with E-state index in [1.165, 1.54) is 6.42 Å². The van der Waals surface area contributed by atoms with Crippen LogP contribution in [0.15, 0.2) is 0 Å². The molecule has 0 aromatic carbocycles. The van der Waals surface area contributed by atoms with E-state index in [1.807, 2.05) is 0 Å². The van der Waals surface area contributed by atoms with Crippen molar-refractivity contribution in [3.05, 3.63) is 0 Å². The Balaban J connectivity index is 4.08. The molecule has 4 unspecified atom stereocenters. The third-order valence-corrected chi connectivity index (χ3v) is 3.75. The predicted molar refractivity (Wildman–Crippen MR) is 72.5 cm³/mol. The van der Waals surface area contributed by atoms with Crippen molar-refractivity contribution < 1.29 is 5.11 Å². The van der Waals surface area contributed by atoms with E-state index < -0.39 is 0 Å². The first kappa shape index (κ1) is 16.0. The first-order chi connectivity index (χ1) is 7.17. The minimum Gasteiger partial charge on any atom is -0.393 e. The van der Waals surface area contributed by atoms with Crippen LogP contribution in [0.4, 0.5) is 0 Å². The van der Waals surface area contributed by atoms with Crippen LogP contribution in [-0.4, -0.2) is 11.2 Å². The molecule has 0 aliphatic carbocycles. The Kier molecular flexibility index (Phi) is 6.62. The van der Waals surface area contributed by atoms with Crippen LogP contribution in [-0.2, 0) is 0 Å². The molecule has 0 spiro atoms. The highest BCUT2D eigenvalue weighted by molar-refractivity contribution is 4.74. The van der Waals surface area contributed by atoms with Crippen LogP contribution in [0.5, 0.6) is 0 Å². The van der Waals surface area contributed by atoms with Crippen LogP contribution in [0, 0.1) is 23.2 Å². The number of hydrogen-bond acceptors (Lipinski definition) is 1. The van der Waals surface area contributed by atoms with Gasteiger partial charge in [0.2, 0.25) is 0 Å². The average molecular weight is 228 g/mol. The monoisotopic (exact) mass is 228 g/mol. The van der Waals surface area contributed by atoms with Crippen molar-refractivity contribution in [2.45, 2.75) is 73.8 Å². The summed E-state index contributed by atoms with van der Waals surface area (Å²) in [4.78, 5) is 0. The van der Waals surface area contributed by atoms with Crippen LogP contribution in [0.2, 0.25) is 0 Å². The van der Waals surface area contributed by atoms with Crippen LogP contribution in [0.1, 0.15) is 67.7 Å². The SMILES string of the molecule is CCC(C)C(C)C(O)CC(C)CC(C)(C)C. The van der Waals surface area contributed by atoms with Crippen molar-refractivity contribution in [2.24, 2.45) is 23.2 Å². The molecule has 1 nitrogen and oxygen atoms in total. The molecule has 0 rings (SSSR count). The molecule has 1 heteroatoms.